The molecule has 0 atom stereocenters. The van der Waals surface area contributed by atoms with Gasteiger partial charge in [0.1, 0.15) is 0 Å². The Labute approximate surface area is 145 Å². The molecule has 0 bridgehead atoms. The molecule has 0 radical (unpaired) electrons. The van der Waals surface area contributed by atoms with Crippen molar-refractivity contribution >= 4 is 29.3 Å². The van der Waals surface area contributed by atoms with Gasteiger partial charge in [-0.25, -0.2) is 4.98 Å². The molecule has 0 fully saturated rings. The molecular weight excluding hydrogens is 332 g/mol. The van der Waals surface area contributed by atoms with Crippen molar-refractivity contribution in [2.45, 2.75) is 44.9 Å². The maximum atomic E-state index is 12.3. The average molecular weight is 353 g/mol. The number of nitrogens with one attached hydrogen (secondary N) is 1. The van der Waals surface area contributed by atoms with Gasteiger partial charge in [0.2, 0.25) is 11.1 Å². The van der Waals surface area contributed by atoms with Crippen molar-refractivity contribution in [1.29, 1.82) is 0 Å². The lowest BCUT2D eigenvalue weighted by molar-refractivity contribution is -0.131. The highest BCUT2D eigenvalue weighted by molar-refractivity contribution is 7.99. The first kappa shape index (κ1) is 17.8. The van der Waals surface area contributed by atoms with Crippen LogP contribution >= 0.6 is 23.4 Å². The molecule has 0 spiro atoms. The van der Waals surface area contributed by atoms with Gasteiger partial charge in [0.05, 0.1) is 5.75 Å². The summed E-state index contributed by atoms with van der Waals surface area (Å²) < 4.78 is 0. The van der Waals surface area contributed by atoms with Crippen molar-refractivity contribution in [1.82, 2.24) is 20.1 Å². The van der Waals surface area contributed by atoms with Crippen LogP contribution < -0.4 is 0 Å². The first-order chi connectivity index (χ1) is 10.9. The van der Waals surface area contributed by atoms with Crippen LogP contribution in [0.1, 0.15) is 27.7 Å². The highest BCUT2D eigenvalue weighted by Gasteiger charge is 2.20. The van der Waals surface area contributed by atoms with E-state index in [-0.39, 0.29) is 18.0 Å². The van der Waals surface area contributed by atoms with Gasteiger partial charge < -0.3 is 4.90 Å². The molecule has 1 aromatic carbocycles. The van der Waals surface area contributed by atoms with E-state index in [1.807, 2.05) is 44.7 Å². The summed E-state index contributed by atoms with van der Waals surface area (Å²) in [6.07, 6.45) is 0. The van der Waals surface area contributed by atoms with E-state index in [0.29, 0.717) is 21.8 Å². The molecule has 0 saturated carbocycles. The van der Waals surface area contributed by atoms with Gasteiger partial charge in [0.25, 0.3) is 0 Å². The van der Waals surface area contributed by atoms with Gasteiger partial charge in [-0.1, -0.05) is 23.4 Å². The van der Waals surface area contributed by atoms with Gasteiger partial charge in [-0.2, -0.15) is 0 Å². The Morgan fingerprint density at radius 3 is 2.39 bits per heavy atom. The molecule has 5 nitrogen and oxygen atoms in total. The molecule has 1 aromatic heterocycles. The smallest absolute Gasteiger partial charge is 0.233 e. The molecule has 2 rings (SSSR count). The topological polar surface area (TPSA) is 61.9 Å². The highest BCUT2D eigenvalue weighted by Crippen LogP contribution is 2.21. The predicted molar refractivity (Wildman–Crippen MR) is 94.7 cm³/mol. The van der Waals surface area contributed by atoms with E-state index in [2.05, 4.69) is 15.2 Å². The second kappa shape index (κ2) is 7.84. The molecule has 1 amide bonds. The maximum absolute atomic E-state index is 12.3. The third-order valence-corrected chi connectivity index (χ3v) is 4.39. The lowest BCUT2D eigenvalue weighted by Gasteiger charge is -2.30. The minimum absolute atomic E-state index is 0.0952. The first-order valence-electron chi connectivity index (χ1n) is 7.50. The largest absolute Gasteiger partial charge is 0.337 e. The number of nitrogens with zero attached hydrogens (tertiary/aromatic N) is 3. The molecular formula is C16H21ClN4OS. The van der Waals surface area contributed by atoms with E-state index in [0.717, 1.165) is 5.56 Å². The van der Waals surface area contributed by atoms with Crippen LogP contribution in [0.3, 0.4) is 0 Å². The second-order valence-electron chi connectivity index (χ2n) is 5.75. The van der Waals surface area contributed by atoms with Gasteiger partial charge in [-0.05, 0) is 52.0 Å². The lowest BCUT2D eigenvalue weighted by atomic mass is 10.2. The number of carbonyl (C=O) groups excluding carboxylic acids is 1. The fraction of sp³-hybridized carbons (Fsp3) is 0.438. The van der Waals surface area contributed by atoms with Crippen molar-refractivity contribution in [3.05, 3.63) is 29.3 Å². The van der Waals surface area contributed by atoms with E-state index in [4.69, 9.17) is 11.6 Å². The monoisotopic (exact) mass is 352 g/mol. The van der Waals surface area contributed by atoms with Crippen LogP contribution in [0.4, 0.5) is 0 Å². The molecule has 0 saturated heterocycles. The van der Waals surface area contributed by atoms with Crippen molar-refractivity contribution in [3.63, 3.8) is 0 Å². The van der Waals surface area contributed by atoms with E-state index < -0.39 is 0 Å². The van der Waals surface area contributed by atoms with Crippen LogP contribution in [0.5, 0.6) is 0 Å². The summed E-state index contributed by atoms with van der Waals surface area (Å²) in [4.78, 5) is 18.6. The van der Waals surface area contributed by atoms with Crippen LogP contribution in [0.2, 0.25) is 5.02 Å². The van der Waals surface area contributed by atoms with Gasteiger partial charge in [-0.3, -0.25) is 9.89 Å². The maximum Gasteiger partial charge on any atom is 0.233 e. The van der Waals surface area contributed by atoms with Crippen LogP contribution in [0, 0.1) is 0 Å². The molecule has 0 aliphatic carbocycles. The average Bonchev–Trinajstić information content (AvgIpc) is 2.94. The molecule has 1 N–H and O–H groups in total. The summed E-state index contributed by atoms with van der Waals surface area (Å²) in [5.74, 6) is 1.09. The quantitative estimate of drug-likeness (QED) is 0.802. The van der Waals surface area contributed by atoms with Crippen LogP contribution in [-0.4, -0.2) is 43.8 Å². The van der Waals surface area contributed by atoms with E-state index >= 15 is 0 Å². The Balaban J connectivity index is 1.99. The molecule has 0 aliphatic rings. The minimum atomic E-state index is 0.0952. The minimum Gasteiger partial charge on any atom is -0.337 e. The molecule has 124 valence electrons. The summed E-state index contributed by atoms with van der Waals surface area (Å²) in [5.41, 5.74) is 0.908. The molecule has 1 heterocycles. The van der Waals surface area contributed by atoms with Crippen LogP contribution in [0.25, 0.3) is 11.4 Å². The van der Waals surface area contributed by atoms with Crippen molar-refractivity contribution in [2.75, 3.05) is 5.75 Å². The number of thioether (sulfide) groups is 1. The Morgan fingerprint density at radius 1 is 1.22 bits per heavy atom. The number of halogens is 1. The van der Waals surface area contributed by atoms with Crippen LogP contribution in [0.15, 0.2) is 29.4 Å². The van der Waals surface area contributed by atoms with Crippen molar-refractivity contribution < 1.29 is 4.79 Å². The fourth-order valence-corrected chi connectivity index (χ4v) is 3.21. The number of benzene rings is 1. The summed E-state index contributed by atoms with van der Waals surface area (Å²) in [7, 11) is 0. The lowest BCUT2D eigenvalue weighted by Crippen LogP contribution is -2.43. The van der Waals surface area contributed by atoms with Crippen molar-refractivity contribution in [2.24, 2.45) is 0 Å². The van der Waals surface area contributed by atoms with Gasteiger partial charge in [0, 0.05) is 22.7 Å². The summed E-state index contributed by atoms with van der Waals surface area (Å²) in [6, 6.07) is 7.72. The summed E-state index contributed by atoms with van der Waals surface area (Å²) in [6.45, 7) is 8.09. The molecule has 7 heteroatoms. The number of hydrogen-bond acceptors (Lipinski definition) is 4. The number of rotatable bonds is 6. The predicted octanol–water partition coefficient (Wildman–Crippen LogP) is 3.86. The number of amides is 1. The van der Waals surface area contributed by atoms with Gasteiger partial charge >= 0.3 is 0 Å². The van der Waals surface area contributed by atoms with E-state index in [9.17, 15) is 4.79 Å². The van der Waals surface area contributed by atoms with Crippen molar-refractivity contribution in [3.8, 4) is 11.4 Å². The zero-order valence-corrected chi connectivity index (χ0v) is 15.3. The Kier molecular flexibility index (Phi) is 6.07. The first-order valence-corrected chi connectivity index (χ1v) is 8.87. The summed E-state index contributed by atoms with van der Waals surface area (Å²) in [5, 5.41) is 8.29. The van der Waals surface area contributed by atoms with E-state index in [1.54, 1.807) is 12.1 Å². The van der Waals surface area contributed by atoms with E-state index in [1.165, 1.54) is 11.8 Å². The molecule has 23 heavy (non-hydrogen) atoms. The number of H-pyrrole nitrogens is 1. The third kappa shape index (κ3) is 4.72. The number of aromatic nitrogens is 3. The van der Waals surface area contributed by atoms with Gasteiger partial charge in [-0.15, -0.1) is 5.10 Å². The normalized spacial score (nSPS) is 11.3. The molecule has 0 aliphatic heterocycles. The Hall–Kier alpha value is -1.53. The zero-order chi connectivity index (χ0) is 17.0. The third-order valence-electron chi connectivity index (χ3n) is 3.31. The number of hydrogen-bond donors (Lipinski definition) is 1. The number of aromatic amines is 1. The fourth-order valence-electron chi connectivity index (χ4n) is 2.42. The molecule has 0 unspecified atom stereocenters. The molecule has 2 aromatic rings. The standard InChI is InChI=1S/C16H21ClN4OS/c1-10(2)21(11(3)4)14(22)9-23-16-18-15(19-20-16)12-5-7-13(17)8-6-12/h5-8,10-11H,9H2,1-4H3,(H,18,19,20). The Morgan fingerprint density at radius 2 is 1.83 bits per heavy atom. The Bertz CT molecular complexity index is 646. The second-order valence-corrected chi connectivity index (χ2v) is 7.13. The van der Waals surface area contributed by atoms with Crippen LogP contribution in [-0.2, 0) is 4.79 Å². The SMILES string of the molecule is CC(C)N(C(=O)CSc1n[nH]c(-c2ccc(Cl)cc2)n1)C(C)C. The number of carbonyl (C=O) groups is 1. The summed E-state index contributed by atoms with van der Waals surface area (Å²) >= 11 is 7.22. The zero-order valence-electron chi connectivity index (χ0n) is 13.7. The van der Waals surface area contributed by atoms with Gasteiger partial charge in [0.15, 0.2) is 5.82 Å². The highest BCUT2D eigenvalue weighted by atomic mass is 35.5.